The lowest BCUT2D eigenvalue weighted by molar-refractivity contribution is -0.140. The molecule has 0 spiro atoms. The lowest BCUT2D eigenvalue weighted by atomic mass is 9.97. The van der Waals surface area contributed by atoms with Crippen molar-refractivity contribution in [2.75, 3.05) is 0 Å². The highest BCUT2D eigenvalue weighted by Gasteiger charge is 2.34. The van der Waals surface area contributed by atoms with Crippen LogP contribution in [-0.2, 0) is 6.18 Å². The highest BCUT2D eigenvalue weighted by Crippen LogP contribution is 2.34. The van der Waals surface area contributed by atoms with Crippen LogP contribution in [0.1, 0.15) is 22.7 Å². The van der Waals surface area contributed by atoms with Crippen LogP contribution >= 0.6 is 15.9 Å². The van der Waals surface area contributed by atoms with Crippen molar-refractivity contribution in [3.8, 4) is 0 Å². The largest absolute Gasteiger partial charge is 0.419 e. The summed E-state index contributed by atoms with van der Waals surface area (Å²) in [5.41, 5.74) is 4.54. The molecule has 0 bridgehead atoms. The van der Waals surface area contributed by atoms with Gasteiger partial charge in [0, 0.05) is 10.0 Å². The highest BCUT2D eigenvalue weighted by atomic mass is 79.9. The second-order valence-electron chi connectivity index (χ2n) is 4.35. The third-order valence-corrected chi connectivity index (χ3v) is 3.66. The van der Waals surface area contributed by atoms with E-state index in [-0.39, 0.29) is 11.1 Å². The molecule has 2 aromatic carbocycles. The van der Waals surface area contributed by atoms with Crippen molar-refractivity contribution in [3.05, 3.63) is 69.2 Å². The van der Waals surface area contributed by atoms with Crippen molar-refractivity contribution >= 4 is 15.9 Å². The molecule has 0 aromatic heterocycles. The fourth-order valence-electron chi connectivity index (χ4n) is 1.93. The summed E-state index contributed by atoms with van der Waals surface area (Å²) in [5, 5.41) is 0. The van der Waals surface area contributed by atoms with Crippen molar-refractivity contribution in [1.82, 2.24) is 0 Å². The Balaban J connectivity index is 2.46. The molecule has 0 aliphatic rings. The van der Waals surface area contributed by atoms with Crippen LogP contribution in [0.15, 0.2) is 40.9 Å². The smallest absolute Gasteiger partial charge is 0.320 e. The van der Waals surface area contributed by atoms with E-state index in [1.807, 2.05) is 0 Å². The number of benzene rings is 2. The van der Waals surface area contributed by atoms with Crippen molar-refractivity contribution in [3.63, 3.8) is 0 Å². The van der Waals surface area contributed by atoms with Crippen molar-refractivity contribution in [1.29, 1.82) is 0 Å². The van der Waals surface area contributed by atoms with E-state index in [1.165, 1.54) is 12.1 Å². The van der Waals surface area contributed by atoms with Gasteiger partial charge < -0.3 is 5.73 Å². The number of nitrogens with two attached hydrogens (primary N) is 1. The van der Waals surface area contributed by atoms with E-state index in [9.17, 15) is 22.0 Å². The molecule has 0 saturated carbocycles. The average molecular weight is 366 g/mol. The quantitative estimate of drug-likeness (QED) is 0.760. The van der Waals surface area contributed by atoms with Gasteiger partial charge in [0.05, 0.1) is 11.6 Å². The van der Waals surface area contributed by atoms with E-state index in [1.54, 1.807) is 6.07 Å². The third-order valence-electron chi connectivity index (χ3n) is 2.97. The summed E-state index contributed by atoms with van der Waals surface area (Å²) in [7, 11) is 0. The number of halogens is 6. The summed E-state index contributed by atoms with van der Waals surface area (Å²) in [4.78, 5) is 0. The maximum Gasteiger partial charge on any atom is 0.419 e. The monoisotopic (exact) mass is 365 g/mol. The molecular weight excluding hydrogens is 357 g/mol. The van der Waals surface area contributed by atoms with Crippen LogP contribution in [0.5, 0.6) is 0 Å². The molecule has 0 amide bonds. The van der Waals surface area contributed by atoms with E-state index in [4.69, 9.17) is 5.73 Å². The molecule has 2 rings (SSSR count). The molecule has 2 aromatic rings. The van der Waals surface area contributed by atoms with E-state index < -0.39 is 29.4 Å². The second kappa shape index (κ2) is 5.73. The van der Waals surface area contributed by atoms with Gasteiger partial charge in [-0.15, -0.1) is 0 Å². The number of hydrogen-bond donors (Lipinski definition) is 1. The topological polar surface area (TPSA) is 26.0 Å². The number of hydrogen-bond acceptors (Lipinski definition) is 1. The summed E-state index contributed by atoms with van der Waals surface area (Å²) in [5.74, 6) is -2.07. The molecule has 21 heavy (non-hydrogen) atoms. The first-order chi connectivity index (χ1) is 9.71. The van der Waals surface area contributed by atoms with Gasteiger partial charge >= 0.3 is 6.18 Å². The Morgan fingerprint density at radius 3 is 2.19 bits per heavy atom. The first-order valence-corrected chi connectivity index (χ1v) is 6.57. The van der Waals surface area contributed by atoms with E-state index >= 15 is 0 Å². The van der Waals surface area contributed by atoms with Gasteiger partial charge in [-0.2, -0.15) is 13.2 Å². The molecule has 0 radical (unpaired) electrons. The van der Waals surface area contributed by atoms with Gasteiger partial charge in [-0.3, -0.25) is 0 Å². The number of alkyl halides is 3. The molecule has 2 N–H and O–H groups in total. The molecule has 1 unspecified atom stereocenters. The minimum Gasteiger partial charge on any atom is -0.320 e. The van der Waals surface area contributed by atoms with Gasteiger partial charge in [0.15, 0.2) is 0 Å². The van der Waals surface area contributed by atoms with Gasteiger partial charge in [0.25, 0.3) is 0 Å². The maximum absolute atomic E-state index is 13.8. The van der Waals surface area contributed by atoms with E-state index in [0.29, 0.717) is 16.6 Å². The predicted octanol–water partition coefficient (Wildman–Crippen LogP) is 4.79. The molecule has 7 heteroatoms. The van der Waals surface area contributed by atoms with E-state index in [0.717, 1.165) is 6.07 Å². The predicted molar refractivity (Wildman–Crippen MR) is 71.5 cm³/mol. The van der Waals surface area contributed by atoms with Crippen molar-refractivity contribution in [2.45, 2.75) is 12.2 Å². The van der Waals surface area contributed by atoms with Gasteiger partial charge in [-0.1, -0.05) is 28.1 Å². The Morgan fingerprint density at radius 1 is 1.00 bits per heavy atom. The molecule has 0 aliphatic heterocycles. The van der Waals surface area contributed by atoms with Crippen molar-refractivity contribution in [2.24, 2.45) is 5.73 Å². The van der Waals surface area contributed by atoms with Gasteiger partial charge in [-0.05, 0) is 29.8 Å². The lowest BCUT2D eigenvalue weighted by Crippen LogP contribution is -2.16. The fourth-order valence-corrected chi connectivity index (χ4v) is 2.52. The zero-order valence-corrected chi connectivity index (χ0v) is 12.0. The summed E-state index contributed by atoms with van der Waals surface area (Å²) in [6.07, 6.45) is -4.79. The first-order valence-electron chi connectivity index (χ1n) is 5.78. The molecular formula is C14H9BrF5N. The Hall–Kier alpha value is -1.47. The first kappa shape index (κ1) is 15.9. The highest BCUT2D eigenvalue weighted by molar-refractivity contribution is 9.10. The van der Waals surface area contributed by atoms with Crippen LogP contribution in [0, 0.1) is 11.6 Å². The van der Waals surface area contributed by atoms with Crippen LogP contribution in [-0.4, -0.2) is 0 Å². The van der Waals surface area contributed by atoms with Crippen LogP contribution in [0.2, 0.25) is 0 Å². The Morgan fingerprint density at radius 2 is 1.67 bits per heavy atom. The summed E-state index contributed by atoms with van der Waals surface area (Å²) in [6.45, 7) is 0. The van der Waals surface area contributed by atoms with Crippen LogP contribution in [0.25, 0.3) is 0 Å². The minimum absolute atomic E-state index is 0.0475. The summed E-state index contributed by atoms with van der Waals surface area (Å²) in [6, 6.07) is 5.38. The average Bonchev–Trinajstić information content (AvgIpc) is 2.36. The molecule has 0 heterocycles. The van der Waals surface area contributed by atoms with E-state index in [2.05, 4.69) is 15.9 Å². The summed E-state index contributed by atoms with van der Waals surface area (Å²) >= 11 is 3.12. The Bertz CT molecular complexity index is 649. The Kier molecular flexibility index (Phi) is 4.34. The van der Waals surface area contributed by atoms with Crippen LogP contribution < -0.4 is 5.73 Å². The molecule has 0 saturated heterocycles. The van der Waals surface area contributed by atoms with Gasteiger partial charge in [-0.25, -0.2) is 8.78 Å². The zero-order valence-electron chi connectivity index (χ0n) is 10.4. The van der Waals surface area contributed by atoms with Gasteiger partial charge in [0.2, 0.25) is 0 Å². The third kappa shape index (κ3) is 3.24. The van der Waals surface area contributed by atoms with Crippen LogP contribution in [0.4, 0.5) is 22.0 Å². The Labute approximate surface area is 125 Å². The molecule has 112 valence electrons. The summed E-state index contributed by atoms with van der Waals surface area (Å²) < 4.78 is 65.2. The molecule has 0 aliphatic carbocycles. The molecule has 0 fully saturated rings. The fraction of sp³-hybridized carbons (Fsp3) is 0.143. The minimum atomic E-state index is -4.79. The van der Waals surface area contributed by atoms with Gasteiger partial charge in [0.1, 0.15) is 11.6 Å². The maximum atomic E-state index is 13.8. The number of rotatable bonds is 2. The molecule has 1 atom stereocenters. The molecule has 1 nitrogen and oxygen atoms in total. The second-order valence-corrected chi connectivity index (χ2v) is 5.20. The lowest BCUT2D eigenvalue weighted by Gasteiger charge is -2.17. The standard InChI is InChI=1S/C14H9BrF5N/c15-9-2-1-3-10(16)12(9)13(21)7-4-5-8(11(17)6-7)14(18,19)20/h1-6,13H,21H2. The van der Waals surface area contributed by atoms with Crippen LogP contribution in [0.3, 0.4) is 0 Å². The SMILES string of the molecule is NC(c1ccc(C(F)(F)F)c(F)c1)c1c(F)cccc1Br. The normalized spacial score (nSPS) is 13.3. The van der Waals surface area contributed by atoms with Crippen molar-refractivity contribution < 1.29 is 22.0 Å². The zero-order chi connectivity index (χ0) is 15.8.